The first-order chi connectivity index (χ1) is 11.2. The summed E-state index contributed by atoms with van der Waals surface area (Å²) in [5.41, 5.74) is 3.68. The van der Waals surface area contributed by atoms with E-state index < -0.39 is 0 Å². The highest BCUT2D eigenvalue weighted by molar-refractivity contribution is 5.75. The third-order valence-electron chi connectivity index (χ3n) is 4.62. The molecule has 1 atom stereocenters. The van der Waals surface area contributed by atoms with Gasteiger partial charge in [0.25, 0.3) is 0 Å². The summed E-state index contributed by atoms with van der Waals surface area (Å²) in [5, 5.41) is 3.07. The Morgan fingerprint density at radius 1 is 1.17 bits per heavy atom. The van der Waals surface area contributed by atoms with Gasteiger partial charge in [0.2, 0.25) is 0 Å². The molecule has 0 saturated carbocycles. The SMILES string of the molecule is CCC[C@@H]1c2ccc(C)n2CCN1C(=O)NCc1ccccc1. The number of benzene rings is 1. The first kappa shape index (κ1) is 15.7. The van der Waals surface area contributed by atoms with Crippen molar-refractivity contribution in [2.24, 2.45) is 0 Å². The third kappa shape index (κ3) is 3.26. The number of rotatable bonds is 4. The van der Waals surface area contributed by atoms with Crippen molar-refractivity contribution >= 4 is 6.03 Å². The molecule has 2 aromatic rings. The predicted molar refractivity (Wildman–Crippen MR) is 92.2 cm³/mol. The summed E-state index contributed by atoms with van der Waals surface area (Å²) in [6, 6.07) is 14.6. The van der Waals surface area contributed by atoms with Crippen LogP contribution in [0.3, 0.4) is 0 Å². The Hall–Kier alpha value is -2.23. The Bertz CT molecular complexity index is 663. The molecule has 4 heteroatoms. The number of aryl methyl sites for hydroxylation is 1. The summed E-state index contributed by atoms with van der Waals surface area (Å²) >= 11 is 0. The van der Waals surface area contributed by atoms with Gasteiger partial charge in [-0.05, 0) is 31.0 Å². The van der Waals surface area contributed by atoms with E-state index in [1.54, 1.807) is 0 Å². The molecule has 1 aromatic carbocycles. The number of hydrogen-bond donors (Lipinski definition) is 1. The lowest BCUT2D eigenvalue weighted by atomic mass is 10.0. The van der Waals surface area contributed by atoms with Gasteiger partial charge >= 0.3 is 6.03 Å². The topological polar surface area (TPSA) is 37.3 Å². The van der Waals surface area contributed by atoms with E-state index in [0.717, 1.165) is 31.5 Å². The average molecular weight is 311 g/mol. The summed E-state index contributed by atoms with van der Waals surface area (Å²) in [6.07, 6.45) is 2.07. The van der Waals surface area contributed by atoms with Crippen molar-refractivity contribution in [3.05, 3.63) is 59.4 Å². The Morgan fingerprint density at radius 3 is 2.70 bits per heavy atom. The summed E-state index contributed by atoms with van der Waals surface area (Å²) in [5.74, 6) is 0. The van der Waals surface area contributed by atoms with E-state index >= 15 is 0 Å². The highest BCUT2D eigenvalue weighted by Gasteiger charge is 2.30. The maximum Gasteiger partial charge on any atom is 0.318 e. The van der Waals surface area contributed by atoms with E-state index in [9.17, 15) is 4.79 Å². The Kier molecular flexibility index (Phi) is 4.70. The summed E-state index contributed by atoms with van der Waals surface area (Å²) in [7, 11) is 0. The highest BCUT2D eigenvalue weighted by atomic mass is 16.2. The molecule has 1 aromatic heterocycles. The van der Waals surface area contributed by atoms with E-state index in [-0.39, 0.29) is 12.1 Å². The Labute approximate surface area is 138 Å². The lowest BCUT2D eigenvalue weighted by molar-refractivity contribution is 0.150. The van der Waals surface area contributed by atoms with Crippen molar-refractivity contribution < 1.29 is 4.79 Å². The monoisotopic (exact) mass is 311 g/mol. The maximum absolute atomic E-state index is 12.7. The lowest BCUT2D eigenvalue weighted by Crippen LogP contribution is -2.46. The van der Waals surface area contributed by atoms with Crippen LogP contribution in [0.5, 0.6) is 0 Å². The molecule has 0 fully saturated rings. The van der Waals surface area contributed by atoms with Crippen LogP contribution in [0.15, 0.2) is 42.5 Å². The number of nitrogens with one attached hydrogen (secondary N) is 1. The second-order valence-corrected chi connectivity index (χ2v) is 6.19. The van der Waals surface area contributed by atoms with Crippen LogP contribution >= 0.6 is 0 Å². The second-order valence-electron chi connectivity index (χ2n) is 6.19. The van der Waals surface area contributed by atoms with Crippen LogP contribution in [0, 0.1) is 6.92 Å². The van der Waals surface area contributed by atoms with Crippen LogP contribution in [0.2, 0.25) is 0 Å². The maximum atomic E-state index is 12.7. The van der Waals surface area contributed by atoms with Gasteiger partial charge in [-0.2, -0.15) is 0 Å². The minimum absolute atomic E-state index is 0.0393. The van der Waals surface area contributed by atoms with Gasteiger partial charge in [0, 0.05) is 31.0 Å². The fraction of sp³-hybridized carbons (Fsp3) is 0.421. The first-order valence-corrected chi connectivity index (χ1v) is 8.45. The standard InChI is InChI=1S/C19H25N3O/c1-3-7-17-18-11-10-15(2)21(18)12-13-22(17)19(23)20-14-16-8-5-4-6-9-16/h4-6,8-11,17H,3,7,12-14H2,1-2H3,(H,20,23)/t17-/m1/s1. The van der Waals surface area contributed by atoms with E-state index in [2.05, 4.69) is 35.9 Å². The Balaban J connectivity index is 1.72. The zero-order chi connectivity index (χ0) is 16.2. The minimum Gasteiger partial charge on any atom is -0.345 e. The summed E-state index contributed by atoms with van der Waals surface area (Å²) in [6.45, 7) is 6.54. The van der Waals surface area contributed by atoms with Gasteiger partial charge in [0.05, 0.1) is 6.04 Å². The molecule has 3 rings (SSSR count). The molecule has 122 valence electrons. The van der Waals surface area contributed by atoms with Crippen LogP contribution in [0.25, 0.3) is 0 Å². The number of urea groups is 1. The molecule has 4 nitrogen and oxygen atoms in total. The van der Waals surface area contributed by atoms with Crippen molar-refractivity contribution in [2.75, 3.05) is 6.54 Å². The van der Waals surface area contributed by atoms with E-state index in [4.69, 9.17) is 0 Å². The molecule has 2 heterocycles. The number of amides is 2. The first-order valence-electron chi connectivity index (χ1n) is 8.45. The van der Waals surface area contributed by atoms with Crippen LogP contribution in [-0.4, -0.2) is 22.0 Å². The fourth-order valence-electron chi connectivity index (χ4n) is 3.40. The highest BCUT2D eigenvalue weighted by Crippen LogP contribution is 2.31. The average Bonchev–Trinajstić information content (AvgIpc) is 2.96. The van der Waals surface area contributed by atoms with Crippen LogP contribution in [-0.2, 0) is 13.1 Å². The van der Waals surface area contributed by atoms with Gasteiger partial charge < -0.3 is 14.8 Å². The molecule has 0 aliphatic carbocycles. The lowest BCUT2D eigenvalue weighted by Gasteiger charge is -2.37. The molecular weight excluding hydrogens is 286 g/mol. The molecule has 0 bridgehead atoms. The van der Waals surface area contributed by atoms with Gasteiger partial charge in [-0.3, -0.25) is 0 Å². The molecule has 0 unspecified atom stereocenters. The molecular formula is C19H25N3O. The van der Waals surface area contributed by atoms with Gasteiger partial charge in [0.15, 0.2) is 0 Å². The second kappa shape index (κ2) is 6.90. The zero-order valence-electron chi connectivity index (χ0n) is 14.0. The molecule has 0 saturated heterocycles. The normalized spacial score (nSPS) is 17.0. The van der Waals surface area contributed by atoms with Crippen LogP contribution in [0.1, 0.15) is 42.8 Å². The van der Waals surface area contributed by atoms with Crippen molar-refractivity contribution in [2.45, 2.75) is 45.8 Å². The van der Waals surface area contributed by atoms with Gasteiger partial charge in [-0.25, -0.2) is 4.79 Å². The number of nitrogens with zero attached hydrogens (tertiary/aromatic N) is 2. The van der Waals surface area contributed by atoms with Crippen molar-refractivity contribution in [1.82, 2.24) is 14.8 Å². The molecule has 1 aliphatic heterocycles. The smallest absolute Gasteiger partial charge is 0.318 e. The molecule has 2 amide bonds. The number of hydrogen-bond acceptors (Lipinski definition) is 1. The largest absolute Gasteiger partial charge is 0.345 e. The molecule has 0 spiro atoms. The van der Waals surface area contributed by atoms with Gasteiger partial charge in [0.1, 0.15) is 0 Å². The van der Waals surface area contributed by atoms with Crippen molar-refractivity contribution in [3.8, 4) is 0 Å². The minimum atomic E-state index is 0.0393. The third-order valence-corrected chi connectivity index (χ3v) is 4.62. The number of fused-ring (bicyclic) bond motifs is 1. The predicted octanol–water partition coefficient (Wildman–Crippen LogP) is 3.86. The van der Waals surface area contributed by atoms with E-state index in [0.29, 0.717) is 6.54 Å². The van der Waals surface area contributed by atoms with E-state index in [1.807, 2.05) is 35.2 Å². The molecule has 1 N–H and O–H groups in total. The molecule has 23 heavy (non-hydrogen) atoms. The zero-order valence-corrected chi connectivity index (χ0v) is 14.0. The van der Waals surface area contributed by atoms with E-state index in [1.165, 1.54) is 11.4 Å². The number of carbonyl (C=O) groups excluding carboxylic acids is 1. The van der Waals surface area contributed by atoms with Crippen LogP contribution in [0.4, 0.5) is 4.79 Å². The summed E-state index contributed by atoms with van der Waals surface area (Å²) in [4.78, 5) is 14.7. The van der Waals surface area contributed by atoms with Crippen LogP contribution < -0.4 is 5.32 Å². The fourth-order valence-corrected chi connectivity index (χ4v) is 3.40. The Morgan fingerprint density at radius 2 is 1.96 bits per heavy atom. The summed E-state index contributed by atoms with van der Waals surface area (Å²) < 4.78 is 2.35. The van der Waals surface area contributed by atoms with Gasteiger partial charge in [-0.15, -0.1) is 0 Å². The number of aromatic nitrogens is 1. The van der Waals surface area contributed by atoms with Crippen molar-refractivity contribution in [3.63, 3.8) is 0 Å². The quantitative estimate of drug-likeness (QED) is 0.914. The molecule has 0 radical (unpaired) electrons. The van der Waals surface area contributed by atoms with Gasteiger partial charge in [-0.1, -0.05) is 43.7 Å². The number of carbonyl (C=O) groups is 1. The molecule has 1 aliphatic rings. The van der Waals surface area contributed by atoms with Crippen molar-refractivity contribution in [1.29, 1.82) is 0 Å².